The van der Waals surface area contributed by atoms with Crippen LogP contribution in [-0.4, -0.2) is 37.7 Å². The Balaban J connectivity index is 2.17. The largest absolute Gasteiger partial charge is 0.379 e. The van der Waals surface area contributed by atoms with Crippen molar-refractivity contribution in [2.75, 3.05) is 32.8 Å². The maximum atomic E-state index is 5.19. The maximum absolute atomic E-state index is 5.19. The van der Waals surface area contributed by atoms with Gasteiger partial charge in [-0.2, -0.15) is 0 Å². The van der Waals surface area contributed by atoms with E-state index in [1.165, 1.54) is 0 Å². The molecule has 0 amide bonds. The van der Waals surface area contributed by atoms with Gasteiger partial charge in [-0.1, -0.05) is 5.92 Å². The summed E-state index contributed by atoms with van der Waals surface area (Å²) in [6, 6.07) is 0. The Morgan fingerprint density at radius 3 is 2.70 bits per heavy atom. The van der Waals surface area contributed by atoms with Gasteiger partial charge in [-0.15, -0.1) is 5.92 Å². The zero-order chi connectivity index (χ0) is 7.23. The minimum absolute atomic E-state index is 0.866. The summed E-state index contributed by atoms with van der Waals surface area (Å²) in [5.41, 5.74) is 0. The van der Waals surface area contributed by atoms with E-state index < -0.39 is 0 Å². The molecule has 0 spiro atoms. The second kappa shape index (κ2) is 4.32. The van der Waals surface area contributed by atoms with E-state index in [-0.39, 0.29) is 0 Å². The molecule has 0 unspecified atom stereocenters. The zero-order valence-electron chi connectivity index (χ0n) is 6.39. The molecule has 0 aromatic heterocycles. The predicted molar refractivity (Wildman–Crippen MR) is 40.7 cm³/mol. The van der Waals surface area contributed by atoms with Crippen molar-refractivity contribution < 1.29 is 4.74 Å². The lowest BCUT2D eigenvalue weighted by molar-refractivity contribution is 0.0443. The molecule has 1 rings (SSSR count). The summed E-state index contributed by atoms with van der Waals surface area (Å²) in [6.45, 7) is 6.58. The molecule has 1 aliphatic rings. The lowest BCUT2D eigenvalue weighted by atomic mass is 10.4. The molecule has 0 saturated carbocycles. The number of morpholine rings is 1. The molecule has 0 N–H and O–H groups in total. The van der Waals surface area contributed by atoms with Crippen molar-refractivity contribution in [3.8, 4) is 11.8 Å². The van der Waals surface area contributed by atoms with Crippen LogP contribution in [0.2, 0.25) is 0 Å². The molecular formula is C8H13NO. The summed E-state index contributed by atoms with van der Waals surface area (Å²) < 4.78 is 5.19. The van der Waals surface area contributed by atoms with Crippen LogP contribution in [0.5, 0.6) is 0 Å². The molecule has 0 bridgehead atoms. The second-order valence-electron chi connectivity index (χ2n) is 2.32. The predicted octanol–water partition coefficient (Wildman–Crippen LogP) is 0.342. The van der Waals surface area contributed by atoms with Crippen LogP contribution in [0.15, 0.2) is 0 Å². The first-order valence-corrected chi connectivity index (χ1v) is 3.63. The lowest BCUT2D eigenvalue weighted by Crippen LogP contribution is -2.36. The van der Waals surface area contributed by atoms with Gasteiger partial charge < -0.3 is 4.74 Å². The Labute approximate surface area is 62.2 Å². The van der Waals surface area contributed by atoms with Crippen LogP contribution in [-0.2, 0) is 4.74 Å². The van der Waals surface area contributed by atoms with Crippen molar-refractivity contribution in [3.63, 3.8) is 0 Å². The first kappa shape index (κ1) is 7.59. The van der Waals surface area contributed by atoms with E-state index in [4.69, 9.17) is 4.74 Å². The van der Waals surface area contributed by atoms with Crippen LogP contribution < -0.4 is 0 Å². The molecule has 10 heavy (non-hydrogen) atoms. The molecule has 0 atom stereocenters. The van der Waals surface area contributed by atoms with Gasteiger partial charge in [-0.05, 0) is 6.92 Å². The molecule has 1 fully saturated rings. The fourth-order valence-corrected chi connectivity index (χ4v) is 0.950. The fraction of sp³-hybridized carbons (Fsp3) is 0.750. The molecule has 0 aromatic carbocycles. The van der Waals surface area contributed by atoms with E-state index in [0.717, 1.165) is 32.8 Å². The quantitative estimate of drug-likeness (QED) is 0.486. The van der Waals surface area contributed by atoms with Gasteiger partial charge in [0.15, 0.2) is 0 Å². The average Bonchev–Trinajstić information content (AvgIpc) is 2.03. The highest BCUT2D eigenvalue weighted by Gasteiger charge is 2.07. The minimum Gasteiger partial charge on any atom is -0.379 e. The Morgan fingerprint density at radius 2 is 2.10 bits per heavy atom. The average molecular weight is 139 g/mol. The number of nitrogens with zero attached hydrogens (tertiary/aromatic N) is 1. The zero-order valence-corrected chi connectivity index (χ0v) is 6.39. The van der Waals surface area contributed by atoms with Crippen molar-refractivity contribution in [3.05, 3.63) is 0 Å². The molecule has 0 aliphatic carbocycles. The highest BCUT2D eigenvalue weighted by Crippen LogP contribution is 1.94. The number of hydrogen-bond acceptors (Lipinski definition) is 2. The summed E-state index contributed by atoms with van der Waals surface area (Å²) in [4.78, 5) is 2.31. The van der Waals surface area contributed by atoms with Crippen LogP contribution in [0.25, 0.3) is 0 Å². The SMILES string of the molecule is CC#CCN1CCOCC1. The minimum atomic E-state index is 0.866. The lowest BCUT2D eigenvalue weighted by Gasteiger charge is -2.24. The van der Waals surface area contributed by atoms with Gasteiger partial charge in [0.05, 0.1) is 19.8 Å². The molecule has 2 nitrogen and oxygen atoms in total. The van der Waals surface area contributed by atoms with Crippen LogP contribution >= 0.6 is 0 Å². The van der Waals surface area contributed by atoms with Crippen LogP contribution in [0.3, 0.4) is 0 Å². The summed E-state index contributed by atoms with van der Waals surface area (Å²) in [7, 11) is 0. The highest BCUT2D eigenvalue weighted by molar-refractivity contribution is 4.97. The first-order valence-electron chi connectivity index (χ1n) is 3.63. The normalized spacial score (nSPS) is 19.7. The third kappa shape index (κ3) is 2.38. The molecule has 56 valence electrons. The fourth-order valence-electron chi connectivity index (χ4n) is 0.950. The van der Waals surface area contributed by atoms with E-state index in [9.17, 15) is 0 Å². The van der Waals surface area contributed by atoms with Gasteiger partial charge in [-0.25, -0.2) is 0 Å². The third-order valence-electron chi connectivity index (χ3n) is 1.58. The van der Waals surface area contributed by atoms with Crippen LogP contribution in [0.4, 0.5) is 0 Å². The summed E-state index contributed by atoms with van der Waals surface area (Å²) in [6.07, 6.45) is 0. The van der Waals surface area contributed by atoms with Gasteiger partial charge in [0.2, 0.25) is 0 Å². The van der Waals surface area contributed by atoms with Gasteiger partial charge in [-0.3, -0.25) is 4.90 Å². The topological polar surface area (TPSA) is 12.5 Å². The van der Waals surface area contributed by atoms with E-state index >= 15 is 0 Å². The van der Waals surface area contributed by atoms with Gasteiger partial charge in [0.25, 0.3) is 0 Å². The Hall–Kier alpha value is -0.520. The second-order valence-corrected chi connectivity index (χ2v) is 2.32. The monoisotopic (exact) mass is 139 g/mol. The van der Waals surface area contributed by atoms with Crippen molar-refractivity contribution in [1.82, 2.24) is 4.90 Å². The van der Waals surface area contributed by atoms with Gasteiger partial charge in [0.1, 0.15) is 0 Å². The standard InChI is InChI=1S/C8H13NO/c1-2-3-4-9-5-7-10-8-6-9/h4-8H2,1H3. The Morgan fingerprint density at radius 1 is 1.40 bits per heavy atom. The maximum Gasteiger partial charge on any atom is 0.0603 e. The van der Waals surface area contributed by atoms with Gasteiger partial charge in [0, 0.05) is 13.1 Å². The smallest absolute Gasteiger partial charge is 0.0603 e. The number of hydrogen-bond donors (Lipinski definition) is 0. The number of ether oxygens (including phenoxy) is 1. The molecule has 1 heterocycles. The van der Waals surface area contributed by atoms with E-state index in [1.54, 1.807) is 0 Å². The van der Waals surface area contributed by atoms with Crippen molar-refractivity contribution in [1.29, 1.82) is 0 Å². The molecular weight excluding hydrogens is 126 g/mol. The van der Waals surface area contributed by atoms with Crippen LogP contribution in [0.1, 0.15) is 6.92 Å². The molecule has 0 radical (unpaired) electrons. The summed E-state index contributed by atoms with van der Waals surface area (Å²) in [5.74, 6) is 5.92. The van der Waals surface area contributed by atoms with Gasteiger partial charge >= 0.3 is 0 Å². The summed E-state index contributed by atoms with van der Waals surface area (Å²) in [5, 5.41) is 0. The Bertz CT molecular complexity index is 139. The summed E-state index contributed by atoms with van der Waals surface area (Å²) >= 11 is 0. The molecule has 2 heteroatoms. The third-order valence-corrected chi connectivity index (χ3v) is 1.58. The van der Waals surface area contributed by atoms with E-state index in [0.29, 0.717) is 0 Å². The van der Waals surface area contributed by atoms with E-state index in [2.05, 4.69) is 16.7 Å². The molecule has 1 aliphatic heterocycles. The highest BCUT2D eigenvalue weighted by atomic mass is 16.5. The molecule has 1 saturated heterocycles. The van der Waals surface area contributed by atoms with E-state index in [1.807, 2.05) is 6.92 Å². The Kier molecular flexibility index (Phi) is 3.28. The number of rotatable bonds is 1. The van der Waals surface area contributed by atoms with Crippen molar-refractivity contribution in [2.24, 2.45) is 0 Å². The van der Waals surface area contributed by atoms with Crippen molar-refractivity contribution in [2.45, 2.75) is 6.92 Å². The van der Waals surface area contributed by atoms with Crippen molar-refractivity contribution >= 4 is 0 Å². The molecule has 0 aromatic rings. The first-order chi connectivity index (χ1) is 4.93. The van der Waals surface area contributed by atoms with Crippen LogP contribution in [0, 0.1) is 11.8 Å².